The third-order valence-electron chi connectivity index (χ3n) is 2.70. The van der Waals surface area contributed by atoms with Gasteiger partial charge in [0, 0.05) is 5.39 Å². The molecule has 0 bridgehead atoms. The Kier molecular flexibility index (Phi) is 5.53. The fraction of sp³-hybridized carbons (Fsp3) is 0.500. The smallest absolute Gasteiger partial charge is 0.153 e. The molecule has 0 aliphatic carbocycles. The van der Waals surface area contributed by atoms with Gasteiger partial charge >= 0.3 is 0 Å². The third-order valence-corrected chi connectivity index (χ3v) is 2.70. The first-order valence-electron chi connectivity index (χ1n) is 6.39. The van der Waals surface area contributed by atoms with Gasteiger partial charge < -0.3 is 5.73 Å². The molecule has 0 unspecified atom stereocenters. The van der Waals surface area contributed by atoms with E-state index in [4.69, 9.17) is 5.73 Å². The number of H-pyrrole nitrogens is 1. The van der Waals surface area contributed by atoms with E-state index in [0.717, 1.165) is 10.9 Å². The molecule has 0 fully saturated rings. The number of benzene rings is 1. The van der Waals surface area contributed by atoms with Gasteiger partial charge in [0.15, 0.2) is 5.82 Å². The Balaban J connectivity index is 0.000000209. The number of hydrogen-bond acceptors (Lipinski definition) is 2. The highest BCUT2D eigenvalue weighted by Crippen LogP contribution is 2.17. The first kappa shape index (κ1) is 13.6. The van der Waals surface area contributed by atoms with Crippen LogP contribution in [0, 0.1) is 6.92 Å². The van der Waals surface area contributed by atoms with E-state index in [0.29, 0.717) is 5.82 Å². The van der Waals surface area contributed by atoms with Crippen molar-refractivity contribution in [3.05, 3.63) is 23.8 Å². The van der Waals surface area contributed by atoms with Gasteiger partial charge in [0.05, 0.1) is 5.52 Å². The van der Waals surface area contributed by atoms with Gasteiger partial charge in [-0.25, -0.2) is 0 Å². The summed E-state index contributed by atoms with van der Waals surface area (Å²) < 4.78 is 0. The molecule has 3 heteroatoms. The number of nitrogens with two attached hydrogens (primary N) is 1. The van der Waals surface area contributed by atoms with Gasteiger partial charge in [-0.15, -0.1) is 0 Å². The van der Waals surface area contributed by atoms with Crippen LogP contribution in [0.5, 0.6) is 0 Å². The molecule has 3 N–H and O–H groups in total. The minimum atomic E-state index is 0.569. The van der Waals surface area contributed by atoms with Crippen LogP contribution in [0.1, 0.15) is 45.1 Å². The minimum Gasteiger partial charge on any atom is -0.382 e. The molecule has 1 aromatic carbocycles. The van der Waals surface area contributed by atoms with Gasteiger partial charge in [-0.3, -0.25) is 5.10 Å². The Labute approximate surface area is 103 Å². The zero-order valence-corrected chi connectivity index (χ0v) is 11.1. The van der Waals surface area contributed by atoms with Crippen molar-refractivity contribution in [3.8, 4) is 0 Å². The van der Waals surface area contributed by atoms with E-state index in [2.05, 4.69) is 24.0 Å². The number of nitrogens with one attached hydrogen (secondary N) is 1. The van der Waals surface area contributed by atoms with Crippen molar-refractivity contribution in [3.63, 3.8) is 0 Å². The average Bonchev–Trinajstić information content (AvgIpc) is 2.68. The maximum atomic E-state index is 5.58. The quantitative estimate of drug-likeness (QED) is 0.786. The molecule has 94 valence electrons. The van der Waals surface area contributed by atoms with Gasteiger partial charge in [0.2, 0.25) is 0 Å². The van der Waals surface area contributed by atoms with Crippen molar-refractivity contribution in [2.24, 2.45) is 0 Å². The van der Waals surface area contributed by atoms with Crippen LogP contribution in [0.25, 0.3) is 10.9 Å². The molecule has 1 heterocycles. The number of anilines is 1. The van der Waals surface area contributed by atoms with Gasteiger partial charge in [-0.05, 0) is 24.6 Å². The lowest BCUT2D eigenvalue weighted by atomic mass is 10.2. The molecule has 2 rings (SSSR count). The van der Waals surface area contributed by atoms with Gasteiger partial charge in [-0.2, -0.15) is 5.10 Å². The third kappa shape index (κ3) is 4.10. The van der Waals surface area contributed by atoms with Crippen molar-refractivity contribution in [2.45, 2.75) is 46.5 Å². The molecular formula is C14H23N3. The summed E-state index contributed by atoms with van der Waals surface area (Å²) in [5.74, 6) is 0.569. The summed E-state index contributed by atoms with van der Waals surface area (Å²) in [6.45, 7) is 6.50. The van der Waals surface area contributed by atoms with Gasteiger partial charge in [-0.1, -0.05) is 45.6 Å². The van der Waals surface area contributed by atoms with Crippen LogP contribution in [-0.2, 0) is 0 Å². The highest BCUT2D eigenvalue weighted by Gasteiger charge is 1.99. The van der Waals surface area contributed by atoms with Crippen LogP contribution >= 0.6 is 0 Å². The maximum absolute atomic E-state index is 5.58. The highest BCUT2D eigenvalue weighted by molar-refractivity contribution is 5.88. The lowest BCUT2D eigenvalue weighted by Crippen LogP contribution is -1.83. The number of unbranched alkanes of at least 4 members (excludes halogenated alkanes) is 3. The molecule has 3 nitrogen and oxygen atoms in total. The van der Waals surface area contributed by atoms with E-state index in [1.165, 1.54) is 31.2 Å². The van der Waals surface area contributed by atoms with Gasteiger partial charge in [0.25, 0.3) is 0 Å². The molecule has 0 aliphatic heterocycles. The van der Waals surface area contributed by atoms with Crippen LogP contribution in [0.2, 0.25) is 0 Å². The molecule has 1 aromatic heterocycles. The molecule has 0 atom stereocenters. The second-order valence-electron chi connectivity index (χ2n) is 4.36. The molecule has 0 radical (unpaired) electrons. The molecule has 17 heavy (non-hydrogen) atoms. The Morgan fingerprint density at radius 3 is 2.41 bits per heavy atom. The second-order valence-corrected chi connectivity index (χ2v) is 4.36. The van der Waals surface area contributed by atoms with Crippen LogP contribution in [-0.4, -0.2) is 10.2 Å². The van der Waals surface area contributed by atoms with E-state index < -0.39 is 0 Å². The summed E-state index contributed by atoms with van der Waals surface area (Å²) in [5, 5.41) is 7.74. The molecule has 0 spiro atoms. The minimum absolute atomic E-state index is 0.569. The number of fused-ring (bicyclic) bond motifs is 1. The number of aromatic amines is 1. The largest absolute Gasteiger partial charge is 0.382 e. The predicted molar refractivity (Wildman–Crippen MR) is 75.1 cm³/mol. The topological polar surface area (TPSA) is 54.7 Å². The summed E-state index contributed by atoms with van der Waals surface area (Å²) in [6.07, 6.45) is 5.54. The monoisotopic (exact) mass is 233 g/mol. The SMILES string of the molecule is CCCCCC.Cc1ccc2c(N)n[nH]c2c1. The summed E-state index contributed by atoms with van der Waals surface area (Å²) in [4.78, 5) is 0. The van der Waals surface area contributed by atoms with E-state index in [-0.39, 0.29) is 0 Å². The van der Waals surface area contributed by atoms with E-state index in [9.17, 15) is 0 Å². The lowest BCUT2D eigenvalue weighted by molar-refractivity contribution is 0.702. The predicted octanol–water partition coefficient (Wildman–Crippen LogP) is 4.04. The number of hydrogen-bond donors (Lipinski definition) is 2. The summed E-state index contributed by atoms with van der Waals surface area (Å²) in [6, 6.07) is 6.02. The number of rotatable bonds is 3. The van der Waals surface area contributed by atoms with Crippen LogP contribution < -0.4 is 5.73 Å². The molecule has 2 aromatic rings. The van der Waals surface area contributed by atoms with Crippen LogP contribution in [0.15, 0.2) is 18.2 Å². The average molecular weight is 233 g/mol. The molecule has 0 amide bonds. The first-order chi connectivity index (χ1) is 8.19. The van der Waals surface area contributed by atoms with Crippen molar-refractivity contribution >= 4 is 16.7 Å². The summed E-state index contributed by atoms with van der Waals surface area (Å²) >= 11 is 0. The maximum Gasteiger partial charge on any atom is 0.153 e. The van der Waals surface area contributed by atoms with Crippen molar-refractivity contribution in [1.82, 2.24) is 10.2 Å². The highest BCUT2D eigenvalue weighted by atomic mass is 15.1. The Morgan fingerprint density at radius 2 is 1.82 bits per heavy atom. The summed E-state index contributed by atoms with van der Waals surface area (Å²) in [7, 11) is 0. The zero-order chi connectivity index (χ0) is 12.7. The summed E-state index contributed by atoms with van der Waals surface area (Å²) in [5.41, 5.74) is 7.80. The van der Waals surface area contributed by atoms with Crippen molar-refractivity contribution < 1.29 is 0 Å². The van der Waals surface area contributed by atoms with E-state index in [1.807, 2.05) is 25.1 Å². The zero-order valence-electron chi connectivity index (χ0n) is 11.1. The Hall–Kier alpha value is -1.51. The number of nitrogen functional groups attached to an aromatic ring is 1. The normalized spacial score (nSPS) is 10.1. The second kappa shape index (κ2) is 6.94. The Bertz CT molecular complexity index is 442. The van der Waals surface area contributed by atoms with Crippen LogP contribution in [0.3, 0.4) is 0 Å². The van der Waals surface area contributed by atoms with Gasteiger partial charge in [0.1, 0.15) is 0 Å². The molecular weight excluding hydrogens is 210 g/mol. The fourth-order valence-electron chi connectivity index (χ4n) is 1.65. The first-order valence-corrected chi connectivity index (χ1v) is 6.39. The molecule has 0 saturated carbocycles. The lowest BCUT2D eigenvalue weighted by Gasteiger charge is -1.90. The molecule has 0 saturated heterocycles. The van der Waals surface area contributed by atoms with Crippen molar-refractivity contribution in [2.75, 3.05) is 5.73 Å². The Morgan fingerprint density at radius 1 is 1.18 bits per heavy atom. The number of aryl methyl sites for hydroxylation is 1. The van der Waals surface area contributed by atoms with E-state index in [1.54, 1.807) is 0 Å². The number of nitrogens with zero attached hydrogens (tertiary/aromatic N) is 1. The van der Waals surface area contributed by atoms with Crippen LogP contribution in [0.4, 0.5) is 5.82 Å². The standard InChI is InChI=1S/C8H9N3.C6H14/c1-5-2-3-6-7(4-5)10-11-8(6)9;1-3-5-6-4-2/h2-4H,1H3,(H3,9,10,11);3-6H2,1-2H3. The fourth-order valence-corrected chi connectivity index (χ4v) is 1.65. The number of aromatic nitrogens is 2. The van der Waals surface area contributed by atoms with Crippen molar-refractivity contribution in [1.29, 1.82) is 0 Å². The van der Waals surface area contributed by atoms with E-state index >= 15 is 0 Å². The molecule has 0 aliphatic rings.